The Balaban J connectivity index is 2.03. The molecule has 0 saturated carbocycles. The number of hydrogen-bond donors (Lipinski definition) is 3. The van der Waals surface area contributed by atoms with Crippen molar-refractivity contribution >= 4 is 39.8 Å². The summed E-state index contributed by atoms with van der Waals surface area (Å²) in [4.78, 5) is 28.1. The van der Waals surface area contributed by atoms with Gasteiger partial charge in [-0.3, -0.25) is 4.79 Å². The van der Waals surface area contributed by atoms with E-state index in [1.165, 1.54) is 0 Å². The van der Waals surface area contributed by atoms with Crippen LogP contribution in [0.1, 0.15) is 44.1 Å². The highest BCUT2D eigenvalue weighted by Crippen LogP contribution is 2.32. The molecule has 0 aliphatic carbocycles. The lowest BCUT2D eigenvalue weighted by atomic mass is 10.1. The molecule has 2 heterocycles. The number of anilines is 1. The number of ether oxygens (including phenoxy) is 1. The van der Waals surface area contributed by atoms with Crippen molar-refractivity contribution < 1.29 is 14.3 Å². The number of rotatable bonds is 4. The summed E-state index contributed by atoms with van der Waals surface area (Å²) >= 11 is 0. The molecule has 8 nitrogen and oxygen atoms in total. The Kier molecular flexibility index (Phi) is 4.89. The number of fused-ring (bicyclic) bond motifs is 3. The first-order valence-corrected chi connectivity index (χ1v) is 9.04. The van der Waals surface area contributed by atoms with Gasteiger partial charge in [0.2, 0.25) is 0 Å². The molecule has 28 heavy (non-hydrogen) atoms. The lowest BCUT2D eigenvalue weighted by molar-refractivity contribution is 0.0521. The Morgan fingerprint density at radius 1 is 1.25 bits per heavy atom. The molecule has 0 radical (unpaired) electrons. The van der Waals surface area contributed by atoms with Crippen LogP contribution in [0.25, 0.3) is 21.9 Å². The Morgan fingerprint density at radius 3 is 2.57 bits per heavy atom. The molecule has 0 fully saturated rings. The molecule has 1 aromatic carbocycles. The summed E-state index contributed by atoms with van der Waals surface area (Å²) in [6, 6.07) is 9.28. The first-order chi connectivity index (χ1) is 13.1. The first kappa shape index (κ1) is 19.5. The van der Waals surface area contributed by atoms with Crippen molar-refractivity contribution in [2.24, 2.45) is 5.73 Å². The molecule has 0 aliphatic rings. The van der Waals surface area contributed by atoms with Crippen LogP contribution in [-0.2, 0) is 4.74 Å². The van der Waals surface area contributed by atoms with E-state index in [0.29, 0.717) is 12.2 Å². The van der Waals surface area contributed by atoms with Crippen LogP contribution in [0.3, 0.4) is 0 Å². The van der Waals surface area contributed by atoms with Crippen LogP contribution in [0.5, 0.6) is 0 Å². The van der Waals surface area contributed by atoms with Crippen molar-refractivity contribution in [3.05, 3.63) is 35.9 Å². The van der Waals surface area contributed by atoms with Crippen molar-refractivity contribution in [1.29, 1.82) is 0 Å². The number of nitrogens with two attached hydrogens (primary N) is 2. The molecule has 5 N–H and O–H groups in total. The van der Waals surface area contributed by atoms with Gasteiger partial charge in [-0.2, -0.15) is 0 Å². The molecule has 0 spiro atoms. The number of carbonyl (C=O) groups excluding carboxylic acids is 2. The molecule has 1 atom stereocenters. The lowest BCUT2D eigenvalue weighted by Gasteiger charge is -2.22. The molecule has 1 unspecified atom stereocenters. The SMILES string of the molecule is CC(CNC(=O)OC(C)(C)C)n1c2ccccc2c2cc(C(N)=O)c(N)nc21. The number of hydrogen-bond acceptors (Lipinski definition) is 5. The highest BCUT2D eigenvalue weighted by atomic mass is 16.6. The van der Waals surface area contributed by atoms with Gasteiger partial charge in [-0.05, 0) is 39.8 Å². The number of nitrogen functional groups attached to an aromatic ring is 1. The summed E-state index contributed by atoms with van der Waals surface area (Å²) in [6.45, 7) is 7.73. The van der Waals surface area contributed by atoms with Gasteiger partial charge in [0.05, 0.1) is 17.1 Å². The predicted molar refractivity (Wildman–Crippen MR) is 109 cm³/mol. The van der Waals surface area contributed by atoms with Gasteiger partial charge in [-0.1, -0.05) is 18.2 Å². The minimum absolute atomic E-state index is 0.0800. The summed E-state index contributed by atoms with van der Waals surface area (Å²) in [7, 11) is 0. The Labute approximate surface area is 162 Å². The molecule has 0 bridgehead atoms. The third kappa shape index (κ3) is 3.71. The van der Waals surface area contributed by atoms with Gasteiger partial charge in [-0.25, -0.2) is 9.78 Å². The van der Waals surface area contributed by atoms with Gasteiger partial charge in [0.1, 0.15) is 17.1 Å². The lowest BCUT2D eigenvalue weighted by Crippen LogP contribution is -2.35. The van der Waals surface area contributed by atoms with E-state index < -0.39 is 17.6 Å². The average Bonchev–Trinajstić information content (AvgIpc) is 2.90. The van der Waals surface area contributed by atoms with E-state index in [4.69, 9.17) is 16.2 Å². The molecule has 148 valence electrons. The Bertz CT molecular complexity index is 1070. The smallest absolute Gasteiger partial charge is 0.407 e. The van der Waals surface area contributed by atoms with Gasteiger partial charge in [0.25, 0.3) is 5.91 Å². The molecule has 0 aliphatic heterocycles. The van der Waals surface area contributed by atoms with E-state index in [1.54, 1.807) is 6.07 Å². The second kappa shape index (κ2) is 7.03. The van der Waals surface area contributed by atoms with Gasteiger partial charge < -0.3 is 26.1 Å². The molecular weight excluding hydrogens is 358 g/mol. The second-order valence-electron chi connectivity index (χ2n) is 7.78. The van der Waals surface area contributed by atoms with Crippen LogP contribution in [0.15, 0.2) is 30.3 Å². The summed E-state index contributed by atoms with van der Waals surface area (Å²) < 4.78 is 7.28. The summed E-state index contributed by atoms with van der Waals surface area (Å²) in [6.07, 6.45) is -0.483. The minimum atomic E-state index is -0.622. The molecular formula is C20H25N5O3. The summed E-state index contributed by atoms with van der Waals surface area (Å²) in [5.74, 6) is -0.542. The largest absolute Gasteiger partial charge is 0.444 e. The Hall–Kier alpha value is -3.29. The average molecular weight is 383 g/mol. The fraction of sp³-hybridized carbons (Fsp3) is 0.350. The van der Waals surface area contributed by atoms with Crippen LogP contribution < -0.4 is 16.8 Å². The normalized spacial score (nSPS) is 12.9. The monoisotopic (exact) mass is 383 g/mol. The zero-order valence-corrected chi connectivity index (χ0v) is 16.4. The van der Waals surface area contributed by atoms with Gasteiger partial charge in [0, 0.05) is 17.3 Å². The fourth-order valence-corrected chi connectivity index (χ4v) is 3.20. The third-order valence-electron chi connectivity index (χ3n) is 4.36. The molecule has 2 aromatic heterocycles. The number of carbonyl (C=O) groups is 2. The highest BCUT2D eigenvalue weighted by molar-refractivity contribution is 6.10. The number of nitrogens with one attached hydrogen (secondary N) is 1. The van der Waals surface area contributed by atoms with Crippen molar-refractivity contribution in [3.63, 3.8) is 0 Å². The number of pyridine rings is 1. The zero-order valence-electron chi connectivity index (χ0n) is 16.4. The molecule has 2 amide bonds. The van der Waals surface area contributed by atoms with Crippen molar-refractivity contribution in [2.45, 2.75) is 39.3 Å². The quantitative estimate of drug-likeness (QED) is 0.639. The van der Waals surface area contributed by atoms with Gasteiger partial charge in [-0.15, -0.1) is 0 Å². The molecule has 3 aromatic rings. The minimum Gasteiger partial charge on any atom is -0.444 e. The van der Waals surface area contributed by atoms with Crippen LogP contribution in [0, 0.1) is 0 Å². The number of benzene rings is 1. The maximum atomic E-state index is 12.0. The topological polar surface area (TPSA) is 125 Å². The van der Waals surface area contributed by atoms with Crippen molar-refractivity contribution in [1.82, 2.24) is 14.9 Å². The van der Waals surface area contributed by atoms with E-state index in [1.807, 2.05) is 56.5 Å². The second-order valence-corrected chi connectivity index (χ2v) is 7.78. The van der Waals surface area contributed by atoms with E-state index in [9.17, 15) is 9.59 Å². The van der Waals surface area contributed by atoms with Crippen LogP contribution >= 0.6 is 0 Å². The number of alkyl carbamates (subject to hydrolysis) is 1. The van der Waals surface area contributed by atoms with Crippen molar-refractivity contribution in [3.8, 4) is 0 Å². The van der Waals surface area contributed by atoms with Gasteiger partial charge >= 0.3 is 6.09 Å². The fourth-order valence-electron chi connectivity index (χ4n) is 3.20. The predicted octanol–water partition coefficient (Wildman–Crippen LogP) is 2.96. The Morgan fingerprint density at radius 2 is 1.93 bits per heavy atom. The molecule has 8 heteroatoms. The van der Waals surface area contributed by atoms with E-state index in [-0.39, 0.29) is 17.4 Å². The van der Waals surface area contributed by atoms with Crippen LogP contribution in [-0.4, -0.2) is 33.7 Å². The van der Waals surface area contributed by atoms with Crippen LogP contribution in [0.4, 0.5) is 10.6 Å². The number of amides is 2. The summed E-state index contributed by atoms with van der Waals surface area (Å²) in [5.41, 5.74) is 12.5. The summed E-state index contributed by atoms with van der Waals surface area (Å²) in [5, 5.41) is 4.49. The van der Waals surface area contributed by atoms with E-state index >= 15 is 0 Å². The number of para-hydroxylation sites is 1. The first-order valence-electron chi connectivity index (χ1n) is 9.04. The van der Waals surface area contributed by atoms with Gasteiger partial charge in [0.15, 0.2) is 0 Å². The maximum Gasteiger partial charge on any atom is 0.407 e. The number of primary amides is 1. The number of nitrogens with zero attached hydrogens (tertiary/aromatic N) is 2. The highest BCUT2D eigenvalue weighted by Gasteiger charge is 2.21. The van der Waals surface area contributed by atoms with Crippen molar-refractivity contribution in [2.75, 3.05) is 12.3 Å². The zero-order chi connectivity index (χ0) is 20.6. The number of aromatic nitrogens is 2. The molecule has 3 rings (SSSR count). The van der Waals surface area contributed by atoms with Crippen LogP contribution in [0.2, 0.25) is 0 Å². The van der Waals surface area contributed by atoms with E-state index in [0.717, 1.165) is 16.3 Å². The third-order valence-corrected chi connectivity index (χ3v) is 4.36. The molecule has 0 saturated heterocycles. The van der Waals surface area contributed by atoms with E-state index in [2.05, 4.69) is 10.3 Å². The standard InChI is InChI=1S/C20H25N5O3/c1-11(10-23-19(27)28-20(2,3)4)25-15-8-6-5-7-12(15)13-9-14(17(22)26)16(21)24-18(13)25/h5-9,11H,10H2,1-4H3,(H2,21,24)(H2,22,26)(H,23,27). The maximum absolute atomic E-state index is 12.0.